The summed E-state index contributed by atoms with van der Waals surface area (Å²) in [4.78, 5) is 11.4. The second-order valence-electron chi connectivity index (χ2n) is 9.04. The van der Waals surface area contributed by atoms with Crippen molar-refractivity contribution in [2.24, 2.45) is 11.8 Å². The second-order valence-corrected chi connectivity index (χ2v) is 9.04. The maximum Gasteiger partial charge on any atom is 0.344 e. The molecular weight excluding hydrogens is 386 g/mol. The molecule has 1 N–H and O–H groups in total. The molecule has 1 saturated carbocycles. The van der Waals surface area contributed by atoms with Crippen LogP contribution in [0.2, 0.25) is 0 Å². The summed E-state index contributed by atoms with van der Waals surface area (Å²) in [7, 11) is 0. The molecule has 0 heterocycles. The van der Waals surface area contributed by atoms with Crippen LogP contribution in [0.25, 0.3) is 0 Å². The average molecular weight is 422 g/mol. The van der Waals surface area contributed by atoms with Gasteiger partial charge in [-0.1, -0.05) is 42.5 Å². The highest BCUT2D eigenvalue weighted by Gasteiger charge is 2.32. The number of hydrogen-bond donors (Lipinski definition) is 1. The SMILES string of the molecule is CCOC(=O)COc1ccc([C@H]2CCC(NC(C)C3C=CC=C4C=CCCC43)C2)cc1. The predicted octanol–water partition coefficient (Wildman–Crippen LogP) is 5.32. The first-order chi connectivity index (χ1) is 15.1. The molecule has 0 aliphatic heterocycles. The third kappa shape index (κ3) is 5.48. The minimum atomic E-state index is -0.329. The van der Waals surface area contributed by atoms with Gasteiger partial charge < -0.3 is 14.8 Å². The first-order valence-electron chi connectivity index (χ1n) is 11.8. The van der Waals surface area contributed by atoms with Gasteiger partial charge in [0.05, 0.1) is 6.61 Å². The van der Waals surface area contributed by atoms with Crippen LogP contribution < -0.4 is 10.1 Å². The molecule has 1 fully saturated rings. The highest BCUT2D eigenvalue weighted by Crippen LogP contribution is 2.38. The van der Waals surface area contributed by atoms with Gasteiger partial charge in [-0.15, -0.1) is 0 Å². The molecule has 0 saturated heterocycles. The van der Waals surface area contributed by atoms with Gasteiger partial charge in [-0.2, -0.15) is 0 Å². The number of carbonyl (C=O) groups excluding carboxylic acids is 1. The Morgan fingerprint density at radius 2 is 2.03 bits per heavy atom. The summed E-state index contributed by atoms with van der Waals surface area (Å²) in [5.41, 5.74) is 2.86. The molecule has 0 aromatic heterocycles. The van der Waals surface area contributed by atoms with E-state index in [9.17, 15) is 4.79 Å². The zero-order valence-corrected chi connectivity index (χ0v) is 18.8. The highest BCUT2D eigenvalue weighted by molar-refractivity contribution is 5.71. The highest BCUT2D eigenvalue weighted by atomic mass is 16.6. The van der Waals surface area contributed by atoms with Crippen LogP contribution in [-0.2, 0) is 9.53 Å². The van der Waals surface area contributed by atoms with Gasteiger partial charge in [0.15, 0.2) is 6.61 Å². The molecule has 0 amide bonds. The Balaban J connectivity index is 1.27. The number of allylic oxidation sites excluding steroid dienone is 5. The van der Waals surface area contributed by atoms with E-state index >= 15 is 0 Å². The van der Waals surface area contributed by atoms with Gasteiger partial charge in [0.1, 0.15) is 5.75 Å². The lowest BCUT2D eigenvalue weighted by atomic mass is 9.74. The molecule has 166 valence electrons. The molecule has 0 radical (unpaired) electrons. The summed E-state index contributed by atoms with van der Waals surface area (Å²) in [5.74, 6) is 2.22. The van der Waals surface area contributed by atoms with Gasteiger partial charge in [-0.25, -0.2) is 4.79 Å². The first kappa shape index (κ1) is 21.9. The maximum absolute atomic E-state index is 11.4. The summed E-state index contributed by atoms with van der Waals surface area (Å²) < 4.78 is 10.4. The number of hydrogen-bond acceptors (Lipinski definition) is 4. The van der Waals surface area contributed by atoms with Crippen LogP contribution in [0.5, 0.6) is 5.75 Å². The molecule has 0 spiro atoms. The van der Waals surface area contributed by atoms with E-state index in [1.54, 1.807) is 6.92 Å². The quantitative estimate of drug-likeness (QED) is 0.577. The number of ether oxygens (including phenoxy) is 2. The largest absolute Gasteiger partial charge is 0.482 e. The first-order valence-corrected chi connectivity index (χ1v) is 11.8. The third-order valence-corrected chi connectivity index (χ3v) is 6.99. The van der Waals surface area contributed by atoms with Crippen LogP contribution in [0, 0.1) is 11.8 Å². The van der Waals surface area contributed by atoms with Crippen molar-refractivity contribution in [3.63, 3.8) is 0 Å². The predicted molar refractivity (Wildman–Crippen MR) is 124 cm³/mol. The second kappa shape index (κ2) is 10.3. The molecule has 4 rings (SSSR count). The summed E-state index contributed by atoms with van der Waals surface area (Å²) in [6.45, 7) is 4.50. The summed E-state index contributed by atoms with van der Waals surface area (Å²) in [5, 5.41) is 3.96. The van der Waals surface area contributed by atoms with E-state index < -0.39 is 0 Å². The van der Waals surface area contributed by atoms with Crippen molar-refractivity contribution in [3.8, 4) is 5.75 Å². The van der Waals surface area contributed by atoms with Gasteiger partial charge in [-0.3, -0.25) is 0 Å². The number of fused-ring (bicyclic) bond motifs is 1. The minimum absolute atomic E-state index is 0.0379. The molecule has 0 bridgehead atoms. The standard InChI is InChI=1S/C27H35NO3/c1-3-30-27(29)18-31-24-15-12-20(13-16-24)22-11-14-23(17-22)28-19(2)25-10-6-8-21-7-4-5-9-26(21)25/h4,6-8,10,12-13,15-16,19,22-23,25-26,28H,3,5,9,11,14,17-18H2,1-2H3/t19?,22-,23?,25?,26?/m0/s1. The molecule has 3 aliphatic rings. The number of carbonyl (C=O) groups is 1. The topological polar surface area (TPSA) is 47.6 Å². The number of benzene rings is 1. The Labute approximate surface area is 186 Å². The van der Waals surface area contributed by atoms with Crippen LogP contribution in [-0.4, -0.2) is 31.3 Å². The zero-order chi connectivity index (χ0) is 21.6. The molecule has 5 atom stereocenters. The molecule has 31 heavy (non-hydrogen) atoms. The Morgan fingerprint density at radius 3 is 2.84 bits per heavy atom. The van der Waals surface area contributed by atoms with Crippen molar-refractivity contribution >= 4 is 5.97 Å². The monoisotopic (exact) mass is 421 g/mol. The Bertz CT molecular complexity index is 839. The number of nitrogens with one attached hydrogen (secondary N) is 1. The minimum Gasteiger partial charge on any atom is -0.482 e. The Morgan fingerprint density at radius 1 is 1.19 bits per heavy atom. The lowest BCUT2D eigenvalue weighted by Crippen LogP contribution is -2.42. The number of rotatable bonds is 8. The molecule has 1 aromatic carbocycles. The fourth-order valence-electron chi connectivity index (χ4n) is 5.42. The van der Waals surface area contributed by atoms with Gasteiger partial charge in [0, 0.05) is 12.1 Å². The fourth-order valence-corrected chi connectivity index (χ4v) is 5.42. The van der Waals surface area contributed by atoms with Gasteiger partial charge in [-0.05, 0) is 87.0 Å². The molecule has 1 aromatic rings. The zero-order valence-electron chi connectivity index (χ0n) is 18.8. The molecule has 4 unspecified atom stereocenters. The lowest BCUT2D eigenvalue weighted by Gasteiger charge is -2.36. The third-order valence-electron chi connectivity index (χ3n) is 6.99. The van der Waals surface area contributed by atoms with Gasteiger partial charge >= 0.3 is 5.97 Å². The number of esters is 1. The Hall–Kier alpha value is -2.33. The van der Waals surface area contributed by atoms with Crippen molar-refractivity contribution in [3.05, 3.63) is 65.8 Å². The van der Waals surface area contributed by atoms with Crippen molar-refractivity contribution in [2.75, 3.05) is 13.2 Å². The van der Waals surface area contributed by atoms with E-state index in [-0.39, 0.29) is 12.6 Å². The van der Waals surface area contributed by atoms with Crippen LogP contribution in [0.3, 0.4) is 0 Å². The van der Waals surface area contributed by atoms with Crippen LogP contribution in [0.15, 0.2) is 60.2 Å². The van der Waals surface area contributed by atoms with Gasteiger partial charge in [0.2, 0.25) is 0 Å². The van der Waals surface area contributed by atoms with E-state index in [1.165, 1.54) is 43.2 Å². The van der Waals surface area contributed by atoms with Gasteiger partial charge in [0.25, 0.3) is 0 Å². The fraction of sp³-hybridized carbons (Fsp3) is 0.519. The molecule has 3 aliphatic carbocycles. The molecule has 4 heteroatoms. The van der Waals surface area contributed by atoms with Crippen LogP contribution >= 0.6 is 0 Å². The molecule has 4 nitrogen and oxygen atoms in total. The summed E-state index contributed by atoms with van der Waals surface area (Å²) in [6, 6.07) is 9.28. The van der Waals surface area contributed by atoms with Crippen molar-refractivity contribution in [1.29, 1.82) is 0 Å². The average Bonchev–Trinajstić information content (AvgIpc) is 3.26. The normalized spacial score (nSPS) is 28.0. The van der Waals surface area contributed by atoms with E-state index in [1.807, 2.05) is 12.1 Å². The maximum atomic E-state index is 11.4. The smallest absolute Gasteiger partial charge is 0.344 e. The van der Waals surface area contributed by atoms with Crippen LogP contribution in [0.1, 0.15) is 57.4 Å². The van der Waals surface area contributed by atoms with E-state index in [2.05, 4.69) is 54.8 Å². The molecular formula is C27H35NO3. The summed E-state index contributed by atoms with van der Waals surface area (Å²) >= 11 is 0. The Kier molecular flexibility index (Phi) is 7.29. The van der Waals surface area contributed by atoms with E-state index in [4.69, 9.17) is 9.47 Å². The van der Waals surface area contributed by atoms with Crippen molar-refractivity contribution in [2.45, 2.75) is 64.0 Å². The summed E-state index contributed by atoms with van der Waals surface area (Å²) in [6.07, 6.45) is 17.6. The van der Waals surface area contributed by atoms with Crippen molar-refractivity contribution in [1.82, 2.24) is 5.32 Å². The van der Waals surface area contributed by atoms with Crippen molar-refractivity contribution < 1.29 is 14.3 Å². The van der Waals surface area contributed by atoms with Crippen LogP contribution in [0.4, 0.5) is 0 Å². The van der Waals surface area contributed by atoms with E-state index in [0.717, 1.165) is 0 Å². The van der Waals surface area contributed by atoms with E-state index in [0.29, 0.717) is 42.2 Å². The lowest BCUT2D eigenvalue weighted by molar-refractivity contribution is -0.145.